The van der Waals surface area contributed by atoms with Crippen LogP contribution in [0.3, 0.4) is 0 Å². The van der Waals surface area contributed by atoms with Crippen molar-refractivity contribution in [3.63, 3.8) is 0 Å². The molecule has 6 heteroatoms. The van der Waals surface area contributed by atoms with E-state index in [-0.39, 0.29) is 0 Å². The maximum Gasteiger partial charge on any atom is 0.250 e. The summed E-state index contributed by atoms with van der Waals surface area (Å²) in [5, 5.41) is 14.6. The third kappa shape index (κ3) is 4.49. The number of para-hydroxylation sites is 2. The predicted molar refractivity (Wildman–Crippen MR) is 139 cm³/mol. The summed E-state index contributed by atoms with van der Waals surface area (Å²) in [4.78, 5) is 6.07. The number of H-pyrrole nitrogens is 1. The van der Waals surface area contributed by atoms with Crippen LogP contribution < -0.4 is 9.72 Å². The van der Waals surface area contributed by atoms with Gasteiger partial charge in [-0.3, -0.25) is 4.98 Å². The molecule has 34 heavy (non-hydrogen) atoms. The number of hydrogen-bond donors (Lipinski definition) is 2. The van der Waals surface area contributed by atoms with Crippen molar-refractivity contribution in [2.24, 2.45) is 0 Å². The van der Waals surface area contributed by atoms with Gasteiger partial charge in [-0.05, 0) is 68.2 Å². The van der Waals surface area contributed by atoms with Crippen LogP contribution in [0, 0.1) is 18.3 Å². The minimum absolute atomic E-state index is 0.693. The van der Waals surface area contributed by atoms with Gasteiger partial charge in [0.05, 0.1) is 6.54 Å². The van der Waals surface area contributed by atoms with Gasteiger partial charge in [-0.1, -0.05) is 48.7 Å². The molecule has 0 bridgehead atoms. The molecule has 0 aliphatic carbocycles. The van der Waals surface area contributed by atoms with Gasteiger partial charge in [0.2, 0.25) is 11.5 Å². The number of halogens is 1. The van der Waals surface area contributed by atoms with Gasteiger partial charge < -0.3 is 10.2 Å². The first-order valence-electron chi connectivity index (χ1n) is 12.2. The van der Waals surface area contributed by atoms with Gasteiger partial charge in [-0.25, -0.2) is 0 Å². The Morgan fingerprint density at radius 3 is 2.53 bits per heavy atom. The molecule has 1 aliphatic heterocycles. The van der Waals surface area contributed by atoms with Crippen LogP contribution in [-0.4, -0.2) is 36.1 Å². The summed E-state index contributed by atoms with van der Waals surface area (Å²) in [6, 6.07) is 18.7. The van der Waals surface area contributed by atoms with Crippen LogP contribution in [0.5, 0.6) is 0 Å². The van der Waals surface area contributed by atoms with Crippen LogP contribution in [0.25, 0.3) is 16.7 Å². The van der Waals surface area contributed by atoms with Gasteiger partial charge in [-0.15, -0.1) is 0 Å². The molecule has 0 unspecified atom stereocenters. The lowest BCUT2D eigenvalue weighted by Gasteiger charge is -2.20. The highest BCUT2D eigenvalue weighted by Gasteiger charge is 2.26. The van der Waals surface area contributed by atoms with Crippen LogP contribution in [0.4, 0.5) is 5.82 Å². The zero-order valence-corrected chi connectivity index (χ0v) is 20.5. The molecule has 0 saturated carbocycles. The Labute approximate surface area is 206 Å². The zero-order chi connectivity index (χ0) is 23.5. The van der Waals surface area contributed by atoms with Crippen molar-refractivity contribution in [3.05, 3.63) is 75.8 Å². The molecule has 4 aromatic rings. The molecule has 2 N–H and O–H groups in total. The fourth-order valence-electron chi connectivity index (χ4n) is 5.16. The molecule has 3 heterocycles. The van der Waals surface area contributed by atoms with E-state index in [4.69, 9.17) is 11.6 Å². The Morgan fingerprint density at radius 1 is 1.06 bits per heavy atom. The minimum atomic E-state index is 0.693. The Morgan fingerprint density at radius 2 is 1.79 bits per heavy atom. The fraction of sp³-hybridized carbons (Fsp3) is 0.357. The number of hydrogen-bond acceptors (Lipinski definition) is 3. The summed E-state index contributed by atoms with van der Waals surface area (Å²) in [6.07, 6.45) is 6.00. The highest BCUT2D eigenvalue weighted by Crippen LogP contribution is 2.28. The molecule has 1 fully saturated rings. The largest absolute Gasteiger partial charge is 0.304 e. The van der Waals surface area contributed by atoms with Gasteiger partial charge in [0.25, 0.3) is 0 Å². The predicted octanol–water partition coefficient (Wildman–Crippen LogP) is 5.62. The first kappa shape index (κ1) is 22.7. The molecule has 2 aromatic heterocycles. The molecule has 1 aliphatic rings. The number of likely N-dealkylation sites (tertiary alicyclic amines) is 1. The molecule has 5 nitrogen and oxygen atoms in total. The monoisotopic (exact) mass is 472 g/mol. The average molecular weight is 473 g/mol. The zero-order valence-electron chi connectivity index (χ0n) is 19.7. The summed E-state index contributed by atoms with van der Waals surface area (Å²) >= 11 is 6.14. The van der Waals surface area contributed by atoms with Gasteiger partial charge in [-0.2, -0.15) is 9.66 Å². The van der Waals surface area contributed by atoms with Gasteiger partial charge in [0.1, 0.15) is 22.7 Å². The number of pyridine rings is 1. The average Bonchev–Trinajstić information content (AvgIpc) is 3.03. The summed E-state index contributed by atoms with van der Waals surface area (Å²) in [5.41, 5.74) is 6.97. The summed E-state index contributed by atoms with van der Waals surface area (Å²) in [6.45, 7) is 6.31. The van der Waals surface area contributed by atoms with E-state index in [0.29, 0.717) is 5.56 Å². The number of rotatable bonds is 6. The van der Waals surface area contributed by atoms with E-state index >= 15 is 0 Å². The van der Waals surface area contributed by atoms with Gasteiger partial charge >= 0.3 is 0 Å². The molecular weight excluding hydrogens is 442 g/mol. The molecule has 5 rings (SSSR count). The Balaban J connectivity index is 1.60. The van der Waals surface area contributed by atoms with E-state index in [2.05, 4.69) is 56.9 Å². The van der Waals surface area contributed by atoms with Crippen molar-refractivity contribution in [1.29, 1.82) is 5.26 Å². The highest BCUT2D eigenvalue weighted by atomic mass is 35.5. The Hall–Kier alpha value is -3.07. The second-order valence-electron chi connectivity index (χ2n) is 9.25. The maximum absolute atomic E-state index is 10.1. The maximum atomic E-state index is 10.1. The minimum Gasteiger partial charge on any atom is -0.304 e. The van der Waals surface area contributed by atoms with Crippen molar-refractivity contribution in [1.82, 2.24) is 9.88 Å². The summed E-state index contributed by atoms with van der Waals surface area (Å²) in [5.74, 6) is 1.06. The van der Waals surface area contributed by atoms with E-state index in [1.165, 1.54) is 44.3 Å². The van der Waals surface area contributed by atoms with Crippen LogP contribution in [0.1, 0.15) is 47.9 Å². The van der Waals surface area contributed by atoms with E-state index in [1.54, 1.807) is 0 Å². The second-order valence-corrected chi connectivity index (χ2v) is 9.69. The highest BCUT2D eigenvalue weighted by molar-refractivity contribution is 6.30. The second kappa shape index (κ2) is 10.0. The van der Waals surface area contributed by atoms with Crippen LogP contribution in [-0.2, 0) is 6.42 Å². The topological polar surface area (TPSA) is 58.9 Å². The number of benzene rings is 2. The first-order valence-corrected chi connectivity index (χ1v) is 12.6. The number of aromatic amines is 1. The number of nitriles is 1. The number of fused-ring (bicyclic) bond motifs is 3. The number of anilines is 1. The lowest BCUT2D eigenvalue weighted by atomic mass is 9.97. The molecular formula is C28H31ClN5+. The van der Waals surface area contributed by atoms with Gasteiger partial charge in [0.15, 0.2) is 0 Å². The molecule has 0 spiro atoms. The molecule has 0 atom stereocenters. The summed E-state index contributed by atoms with van der Waals surface area (Å²) < 4.78 is 2.20. The van der Waals surface area contributed by atoms with E-state index < -0.39 is 0 Å². The Kier molecular flexibility index (Phi) is 6.71. The lowest BCUT2D eigenvalue weighted by molar-refractivity contribution is -0.465. The van der Waals surface area contributed by atoms with Crippen molar-refractivity contribution in [2.75, 3.05) is 31.5 Å². The van der Waals surface area contributed by atoms with Crippen LogP contribution in [0.2, 0.25) is 5.02 Å². The normalized spacial score (nSPS) is 14.9. The van der Waals surface area contributed by atoms with E-state index in [1.807, 2.05) is 24.3 Å². The third-order valence-electron chi connectivity index (χ3n) is 7.02. The number of nitrogens with one attached hydrogen (secondary N) is 2. The number of imidazole rings is 1. The van der Waals surface area contributed by atoms with Crippen molar-refractivity contribution < 1.29 is 4.40 Å². The molecule has 2 aromatic carbocycles. The van der Waals surface area contributed by atoms with Crippen molar-refractivity contribution in [2.45, 2.75) is 39.0 Å². The SMILES string of the molecule is Cc1c(Cc2ccc(Cl)cc2)c(NCCN2CCCCCC2)[n+]2c([nH]c3ccccc32)c1C#N. The smallest absolute Gasteiger partial charge is 0.250 e. The third-order valence-corrected chi connectivity index (χ3v) is 7.27. The first-order chi connectivity index (χ1) is 16.7. The lowest BCUT2D eigenvalue weighted by Crippen LogP contribution is -2.34. The van der Waals surface area contributed by atoms with E-state index in [9.17, 15) is 5.26 Å². The molecule has 0 radical (unpaired) electrons. The molecule has 0 amide bonds. The van der Waals surface area contributed by atoms with Crippen LogP contribution >= 0.6 is 11.6 Å². The fourth-order valence-corrected chi connectivity index (χ4v) is 5.29. The Bertz CT molecular complexity index is 1340. The quantitative estimate of drug-likeness (QED) is 0.358. The number of nitrogens with zero attached hydrogens (tertiary/aromatic N) is 3. The van der Waals surface area contributed by atoms with Crippen molar-refractivity contribution >= 4 is 34.1 Å². The van der Waals surface area contributed by atoms with E-state index in [0.717, 1.165) is 58.2 Å². The molecule has 1 saturated heterocycles. The van der Waals surface area contributed by atoms with Crippen molar-refractivity contribution in [3.8, 4) is 6.07 Å². The van der Waals surface area contributed by atoms with Gasteiger partial charge in [0, 0.05) is 23.6 Å². The molecule has 174 valence electrons. The van der Waals surface area contributed by atoms with Crippen LogP contribution in [0.15, 0.2) is 48.5 Å². The summed E-state index contributed by atoms with van der Waals surface area (Å²) in [7, 11) is 0. The number of aromatic nitrogens is 2. The standard InChI is InChI=1S/C28H30ClN5/c1-20-23(18-21-10-12-22(29)13-11-21)27(31-14-17-33-15-6-2-3-7-16-33)34-26-9-5-4-8-25(26)32-28(34)24(20)19-30/h4-5,8-13H,2-3,6-7,14-18H2,1H3,(H,31,32)/p+1.